The topological polar surface area (TPSA) is 161 Å². The van der Waals surface area contributed by atoms with Crippen molar-refractivity contribution in [3.63, 3.8) is 0 Å². The number of hydrogen-bond acceptors (Lipinski definition) is 6. The van der Waals surface area contributed by atoms with E-state index < -0.39 is 43.4 Å². The first kappa shape index (κ1) is 32.5. The van der Waals surface area contributed by atoms with Crippen molar-refractivity contribution in [2.24, 2.45) is 11.8 Å². The first-order valence-electron chi connectivity index (χ1n) is 14.3. The summed E-state index contributed by atoms with van der Waals surface area (Å²) >= 11 is 0. The number of hydrogen-bond donors (Lipinski definition) is 6. The van der Waals surface area contributed by atoms with E-state index >= 15 is 0 Å². The largest absolute Gasteiger partial charge is 0.480 e. The number of ether oxygens (including phenoxy) is 1. The molecule has 0 aliphatic heterocycles. The number of rotatable bonds is 13. The molecule has 2 amide bonds. The Morgan fingerprint density at radius 2 is 1.50 bits per heavy atom. The number of para-hydroxylation sites is 1. The summed E-state index contributed by atoms with van der Waals surface area (Å²) in [6.45, 7) is 3.48. The number of fused-ring (bicyclic) bond motifs is 1. The molecule has 3 aromatic carbocycles. The highest BCUT2D eigenvalue weighted by molar-refractivity contribution is 7.65. The molecule has 0 radical (unpaired) electrons. The van der Waals surface area contributed by atoms with Gasteiger partial charge in [-0.3, -0.25) is 10.1 Å². The Hall–Kier alpha value is -4.37. The second kappa shape index (κ2) is 14.9. The molecule has 4 rings (SSSR count). The molecule has 2 atom stereocenters. The molecule has 0 bridgehead atoms. The molecule has 0 saturated carbocycles. The molecule has 4 aromatic rings. The third-order valence-electron chi connectivity index (χ3n) is 7.41. The van der Waals surface area contributed by atoms with Crippen molar-refractivity contribution in [1.29, 1.82) is 0 Å². The second-order valence-corrected chi connectivity index (χ2v) is 13.4. The third-order valence-corrected chi connectivity index (χ3v) is 9.45. The van der Waals surface area contributed by atoms with Gasteiger partial charge in [-0.25, -0.2) is 9.59 Å². The van der Waals surface area contributed by atoms with E-state index in [0.29, 0.717) is 5.56 Å². The Bertz CT molecular complexity index is 1630. The summed E-state index contributed by atoms with van der Waals surface area (Å²) in [6.07, 6.45) is 0.513. The van der Waals surface area contributed by atoms with E-state index in [1.807, 2.05) is 48.5 Å². The minimum absolute atomic E-state index is 0.00675. The van der Waals surface area contributed by atoms with Gasteiger partial charge >= 0.3 is 12.1 Å². The quantitative estimate of drug-likeness (QED) is 0.118. The van der Waals surface area contributed by atoms with Gasteiger partial charge in [0.05, 0.1) is 5.42 Å². The zero-order chi connectivity index (χ0) is 31.7. The van der Waals surface area contributed by atoms with Gasteiger partial charge in [-0.15, -0.1) is 0 Å². The van der Waals surface area contributed by atoms with Crippen LogP contribution in [0, 0.1) is 11.8 Å². The van der Waals surface area contributed by atoms with Crippen LogP contribution in [0.25, 0.3) is 10.9 Å². The molecule has 0 aliphatic rings. The van der Waals surface area contributed by atoms with Crippen molar-refractivity contribution in [2.75, 3.05) is 6.16 Å². The normalized spacial score (nSPS) is 12.8. The number of aromatic amines is 1. The van der Waals surface area contributed by atoms with Crippen LogP contribution < -0.4 is 10.6 Å². The zero-order valence-corrected chi connectivity index (χ0v) is 25.5. The Morgan fingerprint density at radius 1 is 0.886 bits per heavy atom. The van der Waals surface area contributed by atoms with Gasteiger partial charge in [-0.2, -0.15) is 0 Å². The number of amides is 2. The lowest BCUT2D eigenvalue weighted by atomic mass is 9.96. The fourth-order valence-electron chi connectivity index (χ4n) is 4.91. The molecule has 0 saturated heterocycles. The van der Waals surface area contributed by atoms with Gasteiger partial charge in [-0.1, -0.05) is 92.7 Å². The average molecular weight is 620 g/mol. The minimum atomic E-state index is -4.10. The van der Waals surface area contributed by atoms with Crippen LogP contribution in [0.4, 0.5) is 4.79 Å². The van der Waals surface area contributed by atoms with Gasteiger partial charge < -0.3 is 29.9 Å². The van der Waals surface area contributed by atoms with Crippen LogP contribution in [-0.4, -0.2) is 55.5 Å². The highest BCUT2D eigenvalue weighted by Crippen LogP contribution is 2.43. The maximum atomic E-state index is 13.5. The summed E-state index contributed by atoms with van der Waals surface area (Å²) in [5, 5.41) is 16.0. The number of aromatic nitrogens is 1. The van der Waals surface area contributed by atoms with Crippen molar-refractivity contribution >= 4 is 41.6 Å². The van der Waals surface area contributed by atoms with Gasteiger partial charge in [0.1, 0.15) is 20.0 Å². The predicted octanol–water partition coefficient (Wildman–Crippen LogP) is 4.68. The standard InChI is InChI=1S/C33H38N3O7P/c1-22(2)27(31(37)35-29(32(38)39)18-25-19-34-28-16-10-9-15-26(25)28)21-44(41,42)30(17-23-11-5-3-6-12-23)36-33(40)43-20-24-13-7-4-8-14-24/h3-16,19,22,27,29,34,41-42H,17-18,20-21H2,1-2H3,(H,35,37)(H,36,40)(H,38,39)/t27?,29-/m0/s1. The number of carboxylic acid groups (broad SMARTS) is 1. The summed E-state index contributed by atoms with van der Waals surface area (Å²) in [5.41, 5.74) is 3.00. The molecule has 0 spiro atoms. The summed E-state index contributed by atoms with van der Waals surface area (Å²) in [5.74, 6) is -3.17. The molecule has 0 fully saturated rings. The minimum Gasteiger partial charge on any atom is -0.480 e. The highest BCUT2D eigenvalue weighted by Gasteiger charge is 2.33. The molecule has 232 valence electrons. The van der Waals surface area contributed by atoms with Crippen molar-refractivity contribution in [3.8, 4) is 0 Å². The van der Waals surface area contributed by atoms with Crippen molar-refractivity contribution in [3.05, 3.63) is 108 Å². The number of carboxylic acids is 1. The molecular formula is C33H38N3O7P. The molecular weight excluding hydrogens is 581 g/mol. The lowest BCUT2D eigenvalue weighted by Gasteiger charge is -2.28. The Balaban J connectivity index is 1.55. The van der Waals surface area contributed by atoms with Gasteiger partial charge in [0.25, 0.3) is 0 Å². The second-order valence-electron chi connectivity index (χ2n) is 11.0. The molecule has 1 unspecified atom stereocenters. The fourth-order valence-corrected chi connectivity index (χ4v) is 6.97. The molecule has 11 heteroatoms. The monoisotopic (exact) mass is 619 g/mol. The number of benzene rings is 3. The Labute approximate surface area is 256 Å². The maximum Gasteiger partial charge on any atom is 0.411 e. The number of alkyl carbamates (subject to hydrolysis) is 1. The molecule has 6 N–H and O–H groups in total. The SMILES string of the molecule is CC(C)C(CP(O)(O)=C(Cc1ccccc1)NC(=O)OCc1ccccc1)C(=O)N[C@@H](Cc1c[nH]c2ccccc12)C(=O)O. The maximum absolute atomic E-state index is 13.5. The number of nitrogens with one attached hydrogen (secondary N) is 3. The van der Waals surface area contributed by atoms with Crippen LogP contribution in [0.3, 0.4) is 0 Å². The van der Waals surface area contributed by atoms with Crippen LogP contribution in [0.1, 0.15) is 30.5 Å². The van der Waals surface area contributed by atoms with Gasteiger partial charge in [-0.05, 0) is 28.7 Å². The summed E-state index contributed by atoms with van der Waals surface area (Å²) in [7, 11) is -4.10. The van der Waals surface area contributed by atoms with E-state index in [0.717, 1.165) is 22.0 Å². The summed E-state index contributed by atoms with van der Waals surface area (Å²) < 4.78 is 5.33. The first-order valence-corrected chi connectivity index (χ1v) is 16.2. The van der Waals surface area contributed by atoms with E-state index in [1.165, 1.54) is 0 Å². The van der Waals surface area contributed by atoms with Crippen LogP contribution in [-0.2, 0) is 33.8 Å². The molecule has 1 aromatic heterocycles. The number of carbonyl (C=O) groups excluding carboxylic acids is 2. The number of carbonyl (C=O) groups is 3. The summed E-state index contributed by atoms with van der Waals surface area (Å²) in [6, 6.07) is 24.3. The Kier molecular flexibility index (Phi) is 11.0. The first-order chi connectivity index (χ1) is 21.0. The third kappa shape index (κ3) is 8.83. The van der Waals surface area contributed by atoms with Gasteiger partial charge in [0.15, 0.2) is 0 Å². The van der Waals surface area contributed by atoms with Crippen LogP contribution >= 0.6 is 7.34 Å². The number of aliphatic carboxylic acids is 1. The van der Waals surface area contributed by atoms with Crippen molar-refractivity contribution in [2.45, 2.75) is 39.3 Å². The van der Waals surface area contributed by atoms with E-state index in [1.54, 1.807) is 56.4 Å². The molecule has 10 nitrogen and oxygen atoms in total. The Morgan fingerprint density at radius 3 is 2.14 bits per heavy atom. The molecule has 1 heterocycles. The van der Waals surface area contributed by atoms with Gasteiger partial charge in [0.2, 0.25) is 5.91 Å². The zero-order valence-electron chi connectivity index (χ0n) is 24.6. The summed E-state index contributed by atoms with van der Waals surface area (Å²) in [4.78, 5) is 64.5. The van der Waals surface area contributed by atoms with Crippen molar-refractivity contribution < 1.29 is 34.0 Å². The van der Waals surface area contributed by atoms with Crippen LogP contribution in [0.15, 0.2) is 91.1 Å². The fraction of sp³-hybridized carbons (Fsp3) is 0.273. The average Bonchev–Trinajstić information content (AvgIpc) is 3.41. The van der Waals surface area contributed by atoms with E-state index in [9.17, 15) is 29.3 Å². The van der Waals surface area contributed by atoms with Crippen LogP contribution in [0.2, 0.25) is 0 Å². The smallest absolute Gasteiger partial charge is 0.411 e. The molecule has 44 heavy (non-hydrogen) atoms. The lowest BCUT2D eigenvalue weighted by molar-refractivity contribution is -0.142. The van der Waals surface area contributed by atoms with E-state index in [-0.39, 0.29) is 30.8 Å². The van der Waals surface area contributed by atoms with Crippen molar-refractivity contribution in [1.82, 2.24) is 15.6 Å². The van der Waals surface area contributed by atoms with Crippen LogP contribution in [0.5, 0.6) is 0 Å². The highest BCUT2D eigenvalue weighted by atomic mass is 31.2. The van der Waals surface area contributed by atoms with E-state index in [4.69, 9.17) is 4.74 Å². The van der Waals surface area contributed by atoms with Gasteiger partial charge in [0, 0.05) is 42.0 Å². The number of H-pyrrole nitrogens is 1. The lowest BCUT2D eigenvalue weighted by Crippen LogP contribution is -2.47. The van der Waals surface area contributed by atoms with E-state index in [2.05, 4.69) is 15.6 Å². The molecule has 0 aliphatic carbocycles. The predicted molar refractivity (Wildman–Crippen MR) is 171 cm³/mol.